The molecule has 196 valence electrons. The Labute approximate surface area is 221 Å². The first kappa shape index (κ1) is 25.2. The highest BCUT2D eigenvalue weighted by atomic mass is 16.5. The average Bonchev–Trinajstić information content (AvgIpc) is 3.43. The number of aliphatic hydroxyl groups excluding tert-OH is 1. The largest absolute Gasteiger partial charge is 0.507 e. The summed E-state index contributed by atoms with van der Waals surface area (Å²) in [6.45, 7) is 2.14. The SMILES string of the molecule is COc1cc(C2/C(=C(/O)c3ccc4c(c3)CC(C)O4)C(=O)C(=O)N2Cc2ccccc2)cc(OC)c1OC. The van der Waals surface area contributed by atoms with Gasteiger partial charge in [-0.25, -0.2) is 0 Å². The lowest BCUT2D eigenvalue weighted by molar-refractivity contribution is -0.140. The molecule has 0 spiro atoms. The number of rotatable bonds is 7. The Bertz CT molecular complexity index is 1400. The molecule has 3 aromatic carbocycles. The van der Waals surface area contributed by atoms with Crippen LogP contribution in [0.1, 0.15) is 35.2 Å². The molecule has 2 aliphatic heterocycles. The van der Waals surface area contributed by atoms with Crippen LogP contribution in [0.5, 0.6) is 23.0 Å². The summed E-state index contributed by atoms with van der Waals surface area (Å²) in [5.41, 5.74) is 2.75. The normalized spacial score (nSPS) is 19.7. The number of methoxy groups -OCH3 is 3. The lowest BCUT2D eigenvalue weighted by Gasteiger charge is -2.26. The van der Waals surface area contributed by atoms with Crippen LogP contribution in [-0.4, -0.2) is 49.1 Å². The Morgan fingerprint density at radius 2 is 1.66 bits per heavy atom. The predicted molar refractivity (Wildman–Crippen MR) is 141 cm³/mol. The Kier molecular flexibility index (Phi) is 6.72. The monoisotopic (exact) mass is 515 g/mol. The summed E-state index contributed by atoms with van der Waals surface area (Å²) in [5.74, 6) is 0.160. The smallest absolute Gasteiger partial charge is 0.295 e. The van der Waals surface area contributed by atoms with Gasteiger partial charge < -0.3 is 29.0 Å². The minimum absolute atomic E-state index is 0.00730. The summed E-state index contributed by atoms with van der Waals surface area (Å²) in [6.07, 6.45) is 0.716. The zero-order valence-electron chi connectivity index (χ0n) is 21.7. The van der Waals surface area contributed by atoms with Crippen molar-refractivity contribution in [1.82, 2.24) is 4.90 Å². The molecule has 2 atom stereocenters. The van der Waals surface area contributed by atoms with Crippen molar-refractivity contribution in [3.63, 3.8) is 0 Å². The van der Waals surface area contributed by atoms with E-state index in [-0.39, 0.29) is 24.0 Å². The minimum Gasteiger partial charge on any atom is -0.507 e. The van der Waals surface area contributed by atoms with E-state index in [2.05, 4.69) is 0 Å². The third-order valence-electron chi connectivity index (χ3n) is 6.91. The lowest BCUT2D eigenvalue weighted by Crippen LogP contribution is -2.29. The zero-order valence-corrected chi connectivity index (χ0v) is 21.7. The van der Waals surface area contributed by atoms with E-state index in [4.69, 9.17) is 18.9 Å². The first-order valence-corrected chi connectivity index (χ1v) is 12.3. The van der Waals surface area contributed by atoms with Crippen LogP contribution in [0, 0.1) is 0 Å². The minimum atomic E-state index is -0.896. The van der Waals surface area contributed by atoms with Crippen LogP contribution in [0.2, 0.25) is 0 Å². The van der Waals surface area contributed by atoms with E-state index in [9.17, 15) is 14.7 Å². The number of ketones is 1. The quantitative estimate of drug-likeness (QED) is 0.278. The highest BCUT2D eigenvalue weighted by Gasteiger charge is 2.46. The highest BCUT2D eigenvalue weighted by molar-refractivity contribution is 6.46. The maximum atomic E-state index is 13.5. The molecule has 0 aliphatic carbocycles. The number of ether oxygens (including phenoxy) is 4. The fraction of sp³-hybridized carbons (Fsp3) is 0.267. The number of carbonyl (C=O) groups is 2. The summed E-state index contributed by atoms with van der Waals surface area (Å²) in [7, 11) is 4.49. The molecule has 1 saturated heterocycles. The molecule has 3 aromatic rings. The molecule has 2 unspecified atom stereocenters. The number of hydrogen-bond acceptors (Lipinski definition) is 7. The van der Waals surface area contributed by atoms with Crippen molar-refractivity contribution < 1.29 is 33.6 Å². The highest BCUT2D eigenvalue weighted by Crippen LogP contribution is 2.46. The Morgan fingerprint density at radius 1 is 0.974 bits per heavy atom. The van der Waals surface area contributed by atoms with Gasteiger partial charge in [0.1, 0.15) is 17.6 Å². The van der Waals surface area contributed by atoms with Crippen LogP contribution in [0.25, 0.3) is 5.76 Å². The van der Waals surface area contributed by atoms with Crippen molar-refractivity contribution in [3.05, 3.63) is 88.5 Å². The molecule has 0 aromatic heterocycles. The van der Waals surface area contributed by atoms with Crippen LogP contribution in [0.15, 0.2) is 66.2 Å². The van der Waals surface area contributed by atoms with Gasteiger partial charge in [-0.2, -0.15) is 0 Å². The van der Waals surface area contributed by atoms with Crippen molar-refractivity contribution in [2.24, 2.45) is 0 Å². The van der Waals surface area contributed by atoms with Crippen LogP contribution < -0.4 is 18.9 Å². The number of benzene rings is 3. The molecule has 2 heterocycles. The molecule has 38 heavy (non-hydrogen) atoms. The Morgan fingerprint density at radius 3 is 2.29 bits per heavy atom. The molecule has 5 rings (SSSR count). The number of likely N-dealkylation sites (tertiary alicyclic amines) is 1. The number of carbonyl (C=O) groups excluding carboxylic acids is 2. The molecule has 0 bridgehead atoms. The molecular formula is C30H29NO7. The lowest BCUT2D eigenvalue weighted by atomic mass is 9.93. The van der Waals surface area contributed by atoms with E-state index in [1.165, 1.54) is 26.2 Å². The molecule has 1 amide bonds. The first-order chi connectivity index (χ1) is 18.4. The summed E-state index contributed by atoms with van der Waals surface area (Å²) < 4.78 is 22.3. The van der Waals surface area contributed by atoms with Gasteiger partial charge in [0.2, 0.25) is 5.75 Å². The second kappa shape index (κ2) is 10.1. The van der Waals surface area contributed by atoms with Crippen LogP contribution in [0.3, 0.4) is 0 Å². The van der Waals surface area contributed by atoms with E-state index < -0.39 is 17.7 Å². The van der Waals surface area contributed by atoms with Crippen molar-refractivity contribution in [2.75, 3.05) is 21.3 Å². The average molecular weight is 516 g/mol. The molecule has 0 saturated carbocycles. The van der Waals surface area contributed by atoms with E-state index in [0.29, 0.717) is 34.8 Å². The third kappa shape index (κ3) is 4.32. The molecule has 0 radical (unpaired) electrons. The van der Waals surface area contributed by atoms with Gasteiger partial charge in [-0.3, -0.25) is 9.59 Å². The Hall–Kier alpha value is -4.46. The van der Waals surface area contributed by atoms with Crippen molar-refractivity contribution in [1.29, 1.82) is 0 Å². The topological polar surface area (TPSA) is 94.5 Å². The number of aliphatic hydroxyl groups is 1. The molecule has 8 heteroatoms. The number of fused-ring (bicyclic) bond motifs is 1. The van der Waals surface area contributed by atoms with Gasteiger partial charge >= 0.3 is 0 Å². The summed E-state index contributed by atoms with van der Waals surface area (Å²) in [5, 5.41) is 11.5. The number of Topliss-reactive ketones (excluding diaryl/α,β-unsaturated/α-hetero) is 1. The van der Waals surface area contributed by atoms with Gasteiger partial charge in [-0.05, 0) is 53.9 Å². The van der Waals surface area contributed by atoms with Gasteiger partial charge in [0.15, 0.2) is 11.5 Å². The zero-order chi connectivity index (χ0) is 27.0. The maximum absolute atomic E-state index is 13.5. The van der Waals surface area contributed by atoms with E-state index >= 15 is 0 Å². The van der Waals surface area contributed by atoms with Crippen LogP contribution in [0.4, 0.5) is 0 Å². The van der Waals surface area contributed by atoms with Gasteiger partial charge in [-0.15, -0.1) is 0 Å². The molecule has 1 N–H and O–H groups in total. The standard InChI is InChI=1S/C30H29NO7/c1-17-12-20-13-19(10-11-22(20)38-17)27(32)25-26(21-14-23(35-2)29(37-4)24(15-21)36-3)31(30(34)28(25)33)16-18-8-6-5-7-9-18/h5-11,13-15,17,26,32H,12,16H2,1-4H3/b27-25-. The van der Waals surface area contributed by atoms with Crippen LogP contribution in [-0.2, 0) is 22.6 Å². The van der Waals surface area contributed by atoms with Crippen molar-refractivity contribution >= 4 is 17.4 Å². The van der Waals surface area contributed by atoms with Crippen molar-refractivity contribution in [2.45, 2.75) is 32.0 Å². The number of nitrogens with zero attached hydrogens (tertiary/aromatic N) is 1. The van der Waals surface area contributed by atoms with E-state index in [0.717, 1.165) is 16.9 Å². The van der Waals surface area contributed by atoms with E-state index in [1.54, 1.807) is 24.3 Å². The predicted octanol–water partition coefficient (Wildman–Crippen LogP) is 4.66. The first-order valence-electron chi connectivity index (χ1n) is 12.3. The summed E-state index contributed by atoms with van der Waals surface area (Å²) in [6, 6.07) is 17.2. The fourth-order valence-electron chi connectivity index (χ4n) is 5.15. The van der Waals surface area contributed by atoms with Crippen molar-refractivity contribution in [3.8, 4) is 23.0 Å². The van der Waals surface area contributed by atoms with Crippen LogP contribution >= 0.6 is 0 Å². The molecule has 1 fully saturated rings. The van der Waals surface area contributed by atoms with Gasteiger partial charge in [0, 0.05) is 18.5 Å². The molecule has 8 nitrogen and oxygen atoms in total. The number of amides is 1. The second-order valence-electron chi connectivity index (χ2n) is 9.33. The fourth-order valence-corrected chi connectivity index (χ4v) is 5.15. The second-order valence-corrected chi connectivity index (χ2v) is 9.33. The van der Waals surface area contributed by atoms with Gasteiger partial charge in [0.05, 0.1) is 32.9 Å². The summed E-state index contributed by atoms with van der Waals surface area (Å²) in [4.78, 5) is 28.4. The number of hydrogen-bond donors (Lipinski definition) is 1. The Balaban J connectivity index is 1.69. The third-order valence-corrected chi connectivity index (χ3v) is 6.91. The molecular weight excluding hydrogens is 486 g/mol. The van der Waals surface area contributed by atoms with Gasteiger partial charge in [-0.1, -0.05) is 30.3 Å². The van der Waals surface area contributed by atoms with Gasteiger partial charge in [0.25, 0.3) is 11.7 Å². The van der Waals surface area contributed by atoms with E-state index in [1.807, 2.05) is 43.3 Å². The summed E-state index contributed by atoms with van der Waals surface area (Å²) >= 11 is 0. The molecule has 2 aliphatic rings. The maximum Gasteiger partial charge on any atom is 0.295 e.